The minimum absolute atomic E-state index is 0.0142. The minimum atomic E-state index is -0.311. The molecule has 1 saturated carbocycles. The lowest BCUT2D eigenvalue weighted by Gasteiger charge is -2.28. The number of fused-ring (bicyclic) bond motifs is 1. The van der Waals surface area contributed by atoms with Gasteiger partial charge in [0.15, 0.2) is 0 Å². The third kappa shape index (κ3) is 5.18. The Kier molecular flexibility index (Phi) is 6.89. The molecule has 1 fully saturated rings. The molecule has 8 heteroatoms. The summed E-state index contributed by atoms with van der Waals surface area (Å²) in [4.78, 5) is 24.0. The number of rotatable bonds is 6. The maximum atomic E-state index is 13.9. The van der Waals surface area contributed by atoms with Crippen LogP contribution in [0.2, 0.25) is 0 Å². The zero-order chi connectivity index (χ0) is 22.7. The van der Waals surface area contributed by atoms with Crippen molar-refractivity contribution in [2.75, 3.05) is 24.3 Å². The summed E-state index contributed by atoms with van der Waals surface area (Å²) in [7, 11) is 3.95. The number of nitrogens with zero attached hydrogens (tertiary/aromatic N) is 3. The lowest BCUT2D eigenvalue weighted by molar-refractivity contribution is -0.126. The quantitative estimate of drug-likeness (QED) is 0.505. The largest absolute Gasteiger partial charge is 0.362 e. The predicted molar refractivity (Wildman–Crippen MR) is 129 cm³/mol. The average molecular weight is 500 g/mol. The van der Waals surface area contributed by atoms with E-state index in [-0.39, 0.29) is 30.2 Å². The number of hydrogen-bond acceptors (Lipinski definition) is 5. The Morgan fingerprint density at radius 1 is 1.12 bits per heavy atom. The first-order chi connectivity index (χ1) is 15.4. The molecule has 32 heavy (non-hydrogen) atoms. The Hall–Kier alpha value is -2.74. The maximum Gasteiger partial charge on any atom is 0.225 e. The molecule has 1 aromatic heterocycles. The third-order valence-electron chi connectivity index (χ3n) is 5.90. The number of para-hydroxylation sites is 1. The molecule has 168 valence electrons. The first-order valence-electron chi connectivity index (χ1n) is 10.8. The van der Waals surface area contributed by atoms with Crippen molar-refractivity contribution in [2.24, 2.45) is 5.92 Å². The van der Waals surface area contributed by atoms with Gasteiger partial charge in [0.05, 0.1) is 5.52 Å². The fourth-order valence-electron chi connectivity index (χ4n) is 4.15. The van der Waals surface area contributed by atoms with Crippen LogP contribution in [0, 0.1) is 11.7 Å². The van der Waals surface area contributed by atoms with Crippen molar-refractivity contribution < 1.29 is 9.18 Å². The van der Waals surface area contributed by atoms with Crippen LogP contribution in [0.25, 0.3) is 10.9 Å². The van der Waals surface area contributed by atoms with Crippen molar-refractivity contribution in [1.82, 2.24) is 15.3 Å². The summed E-state index contributed by atoms with van der Waals surface area (Å²) in [5, 5.41) is 7.37. The second-order valence-corrected chi connectivity index (χ2v) is 9.34. The van der Waals surface area contributed by atoms with Crippen LogP contribution in [-0.2, 0) is 11.3 Å². The van der Waals surface area contributed by atoms with Gasteiger partial charge in [-0.1, -0.05) is 28.1 Å². The molecule has 2 N–H and O–H groups in total. The van der Waals surface area contributed by atoms with Crippen molar-refractivity contribution in [2.45, 2.75) is 38.3 Å². The van der Waals surface area contributed by atoms with E-state index in [0.29, 0.717) is 11.5 Å². The van der Waals surface area contributed by atoms with Gasteiger partial charge in [0.2, 0.25) is 11.9 Å². The van der Waals surface area contributed by atoms with Gasteiger partial charge in [-0.2, -0.15) is 4.98 Å². The summed E-state index contributed by atoms with van der Waals surface area (Å²) in [5.41, 5.74) is 1.38. The standard InChI is InChI=1S/C24H27BrFN5O/c1-31(2)22-19-5-3-4-6-21(19)29-24(30-22)28-18-10-7-15(8-11-18)23(32)27-14-16-13-17(25)9-12-20(16)26/h3-6,9,12-13,15,18H,7-8,10-11,14H2,1-2H3,(H,27,32)(H,28,29,30)/t15-,18+. The minimum Gasteiger partial charge on any atom is -0.362 e. The molecule has 0 atom stereocenters. The zero-order valence-corrected chi connectivity index (χ0v) is 19.8. The summed E-state index contributed by atoms with van der Waals surface area (Å²) >= 11 is 3.34. The summed E-state index contributed by atoms with van der Waals surface area (Å²) in [6, 6.07) is 12.9. The second kappa shape index (κ2) is 9.81. The predicted octanol–water partition coefficient (Wildman–Crippen LogP) is 4.88. The third-order valence-corrected chi connectivity index (χ3v) is 6.39. The number of amides is 1. The molecule has 6 nitrogen and oxygen atoms in total. The molecule has 0 saturated heterocycles. The Morgan fingerprint density at radius 2 is 1.88 bits per heavy atom. The van der Waals surface area contributed by atoms with E-state index in [1.165, 1.54) is 6.07 Å². The van der Waals surface area contributed by atoms with E-state index in [9.17, 15) is 9.18 Å². The molecule has 0 aliphatic heterocycles. The van der Waals surface area contributed by atoms with Crippen molar-refractivity contribution in [3.63, 3.8) is 0 Å². The Bertz CT molecular complexity index is 1110. The van der Waals surface area contributed by atoms with E-state index >= 15 is 0 Å². The Balaban J connectivity index is 1.34. The second-order valence-electron chi connectivity index (χ2n) is 8.43. The molecule has 0 spiro atoms. The van der Waals surface area contributed by atoms with Gasteiger partial charge in [0, 0.05) is 48.0 Å². The van der Waals surface area contributed by atoms with Crippen LogP contribution in [0.15, 0.2) is 46.9 Å². The van der Waals surface area contributed by atoms with Gasteiger partial charge in [0.25, 0.3) is 0 Å². The summed E-state index contributed by atoms with van der Waals surface area (Å²) in [5.74, 6) is 1.11. The number of carbonyl (C=O) groups excluding carboxylic acids is 1. The molecule has 1 amide bonds. The van der Waals surface area contributed by atoms with Crippen molar-refractivity contribution in [3.8, 4) is 0 Å². The van der Waals surface area contributed by atoms with E-state index in [2.05, 4.69) is 31.5 Å². The smallest absolute Gasteiger partial charge is 0.225 e. The average Bonchev–Trinajstić information content (AvgIpc) is 2.79. The van der Waals surface area contributed by atoms with Crippen LogP contribution in [0.5, 0.6) is 0 Å². The van der Waals surface area contributed by atoms with Gasteiger partial charge in [-0.3, -0.25) is 4.79 Å². The highest BCUT2D eigenvalue weighted by atomic mass is 79.9. The lowest BCUT2D eigenvalue weighted by Crippen LogP contribution is -2.36. The van der Waals surface area contributed by atoms with Gasteiger partial charge in [0.1, 0.15) is 11.6 Å². The molecule has 1 heterocycles. The highest BCUT2D eigenvalue weighted by molar-refractivity contribution is 9.10. The van der Waals surface area contributed by atoms with Gasteiger partial charge in [-0.15, -0.1) is 0 Å². The first-order valence-corrected chi connectivity index (χ1v) is 11.6. The first kappa shape index (κ1) is 22.5. The molecular weight excluding hydrogens is 473 g/mol. The van der Waals surface area contributed by atoms with E-state index in [1.54, 1.807) is 12.1 Å². The molecule has 0 bridgehead atoms. The highest BCUT2D eigenvalue weighted by Crippen LogP contribution is 2.28. The number of nitrogens with one attached hydrogen (secondary N) is 2. The van der Waals surface area contributed by atoms with Crippen molar-refractivity contribution in [3.05, 3.63) is 58.3 Å². The van der Waals surface area contributed by atoms with Gasteiger partial charge in [-0.25, -0.2) is 9.37 Å². The number of benzene rings is 2. The van der Waals surface area contributed by atoms with Crippen LogP contribution in [-0.4, -0.2) is 36.0 Å². The van der Waals surface area contributed by atoms with Crippen LogP contribution < -0.4 is 15.5 Å². The number of anilines is 2. The molecule has 1 aliphatic rings. The van der Waals surface area contributed by atoms with E-state index in [1.807, 2.05) is 43.3 Å². The topological polar surface area (TPSA) is 70.2 Å². The van der Waals surface area contributed by atoms with Crippen LogP contribution in [0.4, 0.5) is 16.2 Å². The van der Waals surface area contributed by atoms with E-state index in [0.717, 1.165) is 46.9 Å². The van der Waals surface area contributed by atoms with Gasteiger partial charge < -0.3 is 15.5 Å². The monoisotopic (exact) mass is 499 g/mol. The number of aromatic nitrogens is 2. The maximum absolute atomic E-state index is 13.9. The number of carbonyl (C=O) groups is 1. The fraction of sp³-hybridized carbons (Fsp3) is 0.375. The summed E-state index contributed by atoms with van der Waals surface area (Å²) < 4.78 is 14.7. The zero-order valence-electron chi connectivity index (χ0n) is 18.2. The SMILES string of the molecule is CN(C)c1nc(N[C@H]2CC[C@@H](C(=O)NCc3cc(Br)ccc3F)CC2)nc2ccccc12. The molecule has 2 aromatic carbocycles. The van der Waals surface area contributed by atoms with Crippen LogP contribution in [0.3, 0.4) is 0 Å². The van der Waals surface area contributed by atoms with Gasteiger partial charge >= 0.3 is 0 Å². The number of hydrogen-bond donors (Lipinski definition) is 2. The van der Waals surface area contributed by atoms with E-state index in [4.69, 9.17) is 4.98 Å². The van der Waals surface area contributed by atoms with Crippen molar-refractivity contribution in [1.29, 1.82) is 0 Å². The molecular formula is C24H27BrFN5O. The van der Waals surface area contributed by atoms with Crippen molar-refractivity contribution >= 4 is 44.5 Å². The fourth-order valence-corrected chi connectivity index (χ4v) is 4.56. The molecule has 1 aliphatic carbocycles. The molecule has 3 aromatic rings. The Morgan fingerprint density at radius 3 is 2.62 bits per heavy atom. The molecule has 0 radical (unpaired) electrons. The van der Waals surface area contributed by atoms with E-state index < -0.39 is 0 Å². The highest BCUT2D eigenvalue weighted by Gasteiger charge is 2.27. The summed E-state index contributed by atoms with van der Waals surface area (Å²) in [6.45, 7) is 0.195. The summed E-state index contributed by atoms with van der Waals surface area (Å²) in [6.07, 6.45) is 3.27. The molecule has 0 unspecified atom stereocenters. The van der Waals surface area contributed by atoms with Crippen LogP contribution >= 0.6 is 15.9 Å². The normalized spacial score (nSPS) is 18.4. The van der Waals surface area contributed by atoms with Gasteiger partial charge in [-0.05, 0) is 56.0 Å². The Labute approximate surface area is 195 Å². The molecule has 4 rings (SSSR count). The number of halogens is 2. The van der Waals surface area contributed by atoms with Crippen LogP contribution in [0.1, 0.15) is 31.2 Å². The lowest BCUT2D eigenvalue weighted by atomic mass is 9.85.